The van der Waals surface area contributed by atoms with Gasteiger partial charge in [-0.1, -0.05) is 36.4 Å². The van der Waals surface area contributed by atoms with Gasteiger partial charge in [0.15, 0.2) is 11.6 Å². The van der Waals surface area contributed by atoms with Gasteiger partial charge in [-0.3, -0.25) is 4.90 Å². The molecular formula is C20H26FN3O. The van der Waals surface area contributed by atoms with Crippen LogP contribution in [0.4, 0.5) is 10.1 Å². The topological polar surface area (TPSA) is 36.5 Å². The summed E-state index contributed by atoms with van der Waals surface area (Å²) in [7, 11) is 1.49. The normalized spacial score (nSPS) is 18.1. The monoisotopic (exact) mass is 343 g/mol. The van der Waals surface area contributed by atoms with Gasteiger partial charge in [0.1, 0.15) is 0 Å². The molecule has 1 aliphatic heterocycles. The van der Waals surface area contributed by atoms with Crippen LogP contribution in [-0.4, -0.2) is 44.2 Å². The number of nitrogens with zero attached hydrogens (tertiary/aromatic N) is 1. The Bertz CT molecular complexity index is 665. The number of hydrogen-bond acceptors (Lipinski definition) is 4. The number of anilines is 1. The van der Waals surface area contributed by atoms with Crippen molar-refractivity contribution in [1.82, 2.24) is 10.2 Å². The molecule has 2 aromatic rings. The Morgan fingerprint density at radius 3 is 2.84 bits per heavy atom. The lowest BCUT2D eigenvalue weighted by atomic mass is 10.1. The van der Waals surface area contributed by atoms with E-state index in [1.807, 2.05) is 6.07 Å². The number of rotatable bonds is 7. The highest BCUT2D eigenvalue weighted by Gasteiger charge is 2.19. The minimum atomic E-state index is -0.336. The van der Waals surface area contributed by atoms with Crippen LogP contribution in [0.1, 0.15) is 12.0 Å². The van der Waals surface area contributed by atoms with Crippen molar-refractivity contribution in [2.45, 2.75) is 19.0 Å². The van der Waals surface area contributed by atoms with E-state index in [9.17, 15) is 4.39 Å². The third kappa shape index (κ3) is 4.94. The van der Waals surface area contributed by atoms with E-state index in [1.54, 1.807) is 6.07 Å². The molecule has 0 saturated carbocycles. The van der Waals surface area contributed by atoms with Gasteiger partial charge < -0.3 is 15.4 Å². The minimum Gasteiger partial charge on any atom is -0.492 e. The SMILES string of the molecule is COc1c(F)cccc1NCCC1CN(Cc2ccccc2)CCN1. The molecule has 1 heterocycles. The smallest absolute Gasteiger partial charge is 0.177 e. The number of nitrogens with one attached hydrogen (secondary N) is 2. The van der Waals surface area contributed by atoms with Crippen LogP contribution in [0, 0.1) is 5.82 Å². The van der Waals surface area contributed by atoms with Crippen LogP contribution in [0.2, 0.25) is 0 Å². The third-order valence-corrected chi connectivity index (χ3v) is 4.57. The molecule has 134 valence electrons. The molecule has 1 aliphatic rings. The van der Waals surface area contributed by atoms with E-state index < -0.39 is 0 Å². The number of piperazine rings is 1. The summed E-state index contributed by atoms with van der Waals surface area (Å²) < 4.78 is 18.8. The van der Waals surface area contributed by atoms with E-state index in [4.69, 9.17) is 4.74 Å². The first-order valence-electron chi connectivity index (χ1n) is 8.82. The number of hydrogen-bond donors (Lipinski definition) is 2. The molecule has 0 aliphatic carbocycles. The maximum absolute atomic E-state index is 13.7. The number of ether oxygens (including phenoxy) is 1. The van der Waals surface area contributed by atoms with Gasteiger partial charge >= 0.3 is 0 Å². The van der Waals surface area contributed by atoms with Crippen LogP contribution in [0.15, 0.2) is 48.5 Å². The van der Waals surface area contributed by atoms with Crippen molar-refractivity contribution < 1.29 is 9.13 Å². The Kier molecular flexibility index (Phi) is 6.25. The van der Waals surface area contributed by atoms with Crippen LogP contribution in [-0.2, 0) is 6.54 Å². The molecule has 0 bridgehead atoms. The summed E-state index contributed by atoms with van der Waals surface area (Å²) >= 11 is 0. The molecule has 1 atom stereocenters. The Hall–Kier alpha value is -2.11. The van der Waals surface area contributed by atoms with E-state index in [2.05, 4.69) is 45.9 Å². The predicted molar refractivity (Wildman–Crippen MR) is 99.6 cm³/mol. The average Bonchev–Trinajstić information content (AvgIpc) is 2.63. The molecule has 1 unspecified atom stereocenters. The molecule has 0 amide bonds. The van der Waals surface area contributed by atoms with Crippen LogP contribution < -0.4 is 15.4 Å². The molecule has 0 radical (unpaired) electrons. The maximum Gasteiger partial charge on any atom is 0.177 e. The second kappa shape index (κ2) is 8.83. The van der Waals surface area contributed by atoms with Gasteiger partial charge in [0.25, 0.3) is 0 Å². The second-order valence-corrected chi connectivity index (χ2v) is 6.41. The van der Waals surface area contributed by atoms with Gasteiger partial charge in [-0.25, -0.2) is 4.39 Å². The maximum atomic E-state index is 13.7. The fraction of sp³-hybridized carbons (Fsp3) is 0.400. The van der Waals surface area contributed by atoms with Gasteiger partial charge in [0, 0.05) is 38.8 Å². The molecule has 1 saturated heterocycles. The van der Waals surface area contributed by atoms with Gasteiger partial charge in [-0.2, -0.15) is 0 Å². The van der Waals surface area contributed by atoms with Crippen molar-refractivity contribution >= 4 is 5.69 Å². The Morgan fingerprint density at radius 1 is 1.20 bits per heavy atom. The number of halogens is 1. The summed E-state index contributed by atoms with van der Waals surface area (Å²) in [6.07, 6.45) is 0.977. The van der Waals surface area contributed by atoms with E-state index in [1.165, 1.54) is 18.7 Å². The standard InChI is InChI=1S/C20H26FN3O/c1-25-20-18(21)8-5-9-19(20)23-11-10-17-15-24(13-12-22-17)14-16-6-3-2-4-7-16/h2-9,17,22-23H,10-15H2,1H3. The molecular weight excluding hydrogens is 317 g/mol. The van der Waals surface area contributed by atoms with Crippen molar-refractivity contribution in [2.24, 2.45) is 0 Å². The van der Waals surface area contributed by atoms with Crippen LogP contribution >= 0.6 is 0 Å². The first kappa shape index (κ1) is 17.7. The molecule has 2 N–H and O–H groups in total. The Balaban J connectivity index is 1.48. The summed E-state index contributed by atoms with van der Waals surface area (Å²) in [5.74, 6) is -0.0536. The highest BCUT2D eigenvalue weighted by atomic mass is 19.1. The minimum absolute atomic E-state index is 0.282. The third-order valence-electron chi connectivity index (χ3n) is 4.57. The fourth-order valence-electron chi connectivity index (χ4n) is 3.31. The largest absolute Gasteiger partial charge is 0.492 e. The van der Waals surface area contributed by atoms with Crippen LogP contribution in [0.3, 0.4) is 0 Å². The lowest BCUT2D eigenvalue weighted by Gasteiger charge is -2.34. The highest BCUT2D eigenvalue weighted by molar-refractivity contribution is 5.56. The van der Waals surface area contributed by atoms with Gasteiger partial charge in [-0.15, -0.1) is 0 Å². The van der Waals surface area contributed by atoms with Crippen LogP contribution in [0.5, 0.6) is 5.75 Å². The Labute approximate surface area is 149 Å². The number of methoxy groups -OCH3 is 1. The first-order chi connectivity index (χ1) is 12.3. The molecule has 2 aromatic carbocycles. The lowest BCUT2D eigenvalue weighted by Crippen LogP contribution is -2.50. The van der Waals surface area contributed by atoms with Gasteiger partial charge in [-0.05, 0) is 24.1 Å². The van der Waals surface area contributed by atoms with Crippen molar-refractivity contribution in [3.63, 3.8) is 0 Å². The van der Waals surface area contributed by atoms with E-state index >= 15 is 0 Å². The van der Waals surface area contributed by atoms with Crippen LogP contribution in [0.25, 0.3) is 0 Å². The number of para-hydroxylation sites is 1. The summed E-state index contributed by atoms with van der Waals surface area (Å²) in [5, 5.41) is 6.87. The van der Waals surface area contributed by atoms with E-state index in [-0.39, 0.29) is 11.6 Å². The van der Waals surface area contributed by atoms with Crippen molar-refractivity contribution in [3.8, 4) is 5.75 Å². The average molecular weight is 343 g/mol. The zero-order valence-corrected chi connectivity index (χ0v) is 14.7. The molecule has 0 aromatic heterocycles. The molecule has 25 heavy (non-hydrogen) atoms. The van der Waals surface area contributed by atoms with Gasteiger partial charge in [0.05, 0.1) is 12.8 Å². The molecule has 1 fully saturated rings. The number of benzene rings is 2. The molecule has 0 spiro atoms. The zero-order chi connectivity index (χ0) is 17.5. The predicted octanol–water partition coefficient (Wildman–Crippen LogP) is 3.11. The summed E-state index contributed by atoms with van der Waals surface area (Å²) in [4.78, 5) is 2.49. The molecule has 4 nitrogen and oxygen atoms in total. The van der Waals surface area contributed by atoms with Crippen molar-refractivity contribution in [2.75, 3.05) is 38.6 Å². The van der Waals surface area contributed by atoms with E-state index in [0.29, 0.717) is 11.7 Å². The van der Waals surface area contributed by atoms with Crippen molar-refractivity contribution in [1.29, 1.82) is 0 Å². The summed E-state index contributed by atoms with van der Waals surface area (Å²) in [5.41, 5.74) is 2.06. The Morgan fingerprint density at radius 2 is 2.04 bits per heavy atom. The molecule has 3 rings (SSSR count). The fourth-order valence-corrected chi connectivity index (χ4v) is 3.31. The second-order valence-electron chi connectivity index (χ2n) is 6.41. The quantitative estimate of drug-likeness (QED) is 0.810. The summed E-state index contributed by atoms with van der Waals surface area (Å²) in [6.45, 7) is 4.86. The van der Waals surface area contributed by atoms with E-state index in [0.717, 1.165) is 39.1 Å². The first-order valence-corrected chi connectivity index (χ1v) is 8.82. The molecule has 5 heteroatoms. The lowest BCUT2D eigenvalue weighted by molar-refractivity contribution is 0.189. The highest BCUT2D eigenvalue weighted by Crippen LogP contribution is 2.27. The van der Waals surface area contributed by atoms with Crippen molar-refractivity contribution in [3.05, 3.63) is 59.9 Å². The van der Waals surface area contributed by atoms with Gasteiger partial charge in [0.2, 0.25) is 0 Å². The summed E-state index contributed by atoms with van der Waals surface area (Å²) in [6, 6.07) is 16.0. The zero-order valence-electron chi connectivity index (χ0n) is 14.7.